The second-order valence-corrected chi connectivity index (χ2v) is 3.87. The smallest absolute Gasteiger partial charge is 0.0218 e. The zero-order valence-electron chi connectivity index (χ0n) is 10.6. The van der Waals surface area contributed by atoms with Gasteiger partial charge >= 0.3 is 0 Å². The molecule has 1 rings (SSSR count). The van der Waals surface area contributed by atoms with Crippen molar-refractivity contribution in [3.8, 4) is 0 Å². The molecule has 14 heavy (non-hydrogen) atoms. The van der Waals surface area contributed by atoms with E-state index in [1.165, 1.54) is 32.5 Å². The van der Waals surface area contributed by atoms with Crippen LogP contribution in [0.4, 0.5) is 0 Å². The van der Waals surface area contributed by atoms with E-state index in [1.54, 1.807) is 0 Å². The minimum atomic E-state index is 0.680. The van der Waals surface area contributed by atoms with Gasteiger partial charge in [0.05, 0.1) is 0 Å². The van der Waals surface area contributed by atoms with Crippen LogP contribution in [0, 0.1) is 0 Å². The van der Waals surface area contributed by atoms with Gasteiger partial charge in [0.25, 0.3) is 0 Å². The van der Waals surface area contributed by atoms with E-state index in [-0.39, 0.29) is 0 Å². The number of piperazine rings is 1. The maximum atomic E-state index is 3.53. The summed E-state index contributed by atoms with van der Waals surface area (Å²) >= 11 is 0. The van der Waals surface area contributed by atoms with Gasteiger partial charge in [-0.2, -0.15) is 0 Å². The Labute approximate surface area is 90.1 Å². The van der Waals surface area contributed by atoms with Crippen LogP contribution in [0.2, 0.25) is 0 Å². The first kappa shape index (κ1) is 13.9. The van der Waals surface area contributed by atoms with Crippen LogP contribution >= 0.6 is 0 Å². The van der Waals surface area contributed by atoms with Crippen LogP contribution in [0.1, 0.15) is 47.5 Å². The summed E-state index contributed by atoms with van der Waals surface area (Å²) < 4.78 is 0. The van der Waals surface area contributed by atoms with E-state index in [1.807, 2.05) is 13.8 Å². The highest BCUT2D eigenvalue weighted by Crippen LogP contribution is 2.10. The summed E-state index contributed by atoms with van der Waals surface area (Å²) in [4.78, 5) is 2.63. The molecule has 0 bridgehead atoms. The number of rotatable bonds is 3. The van der Waals surface area contributed by atoms with Crippen molar-refractivity contribution in [2.75, 3.05) is 19.6 Å². The van der Waals surface area contributed by atoms with Gasteiger partial charge in [0, 0.05) is 25.2 Å². The molecule has 2 heteroatoms. The summed E-state index contributed by atoms with van der Waals surface area (Å²) in [5.41, 5.74) is 0. The van der Waals surface area contributed by atoms with Crippen LogP contribution < -0.4 is 5.32 Å². The summed E-state index contributed by atoms with van der Waals surface area (Å²) in [6, 6.07) is 1.46. The average Bonchev–Trinajstić information content (AvgIpc) is 2.22. The monoisotopic (exact) mass is 200 g/mol. The molecule has 1 N–H and O–H groups in total. The number of hydrogen-bond donors (Lipinski definition) is 1. The molecule has 1 aliphatic rings. The van der Waals surface area contributed by atoms with Crippen molar-refractivity contribution in [1.82, 2.24) is 10.2 Å². The molecular formula is C12H28N2. The second kappa shape index (κ2) is 8.25. The van der Waals surface area contributed by atoms with E-state index in [9.17, 15) is 0 Å². The predicted molar refractivity (Wildman–Crippen MR) is 64.8 cm³/mol. The molecule has 1 saturated heterocycles. The van der Waals surface area contributed by atoms with Gasteiger partial charge in [-0.3, -0.25) is 4.90 Å². The van der Waals surface area contributed by atoms with Crippen molar-refractivity contribution in [3.05, 3.63) is 0 Å². The van der Waals surface area contributed by atoms with Gasteiger partial charge in [0.2, 0.25) is 0 Å². The van der Waals surface area contributed by atoms with Crippen molar-refractivity contribution >= 4 is 0 Å². The lowest BCUT2D eigenvalue weighted by Gasteiger charge is -2.38. The predicted octanol–water partition coefficient (Wildman–Crippen LogP) is 2.49. The third-order valence-corrected chi connectivity index (χ3v) is 2.71. The van der Waals surface area contributed by atoms with Gasteiger partial charge in [0.15, 0.2) is 0 Å². The fourth-order valence-electron chi connectivity index (χ4n) is 2.00. The van der Waals surface area contributed by atoms with E-state index in [0.717, 1.165) is 6.04 Å². The van der Waals surface area contributed by atoms with E-state index < -0.39 is 0 Å². The molecule has 1 aliphatic heterocycles. The Balaban J connectivity index is 0.000000791. The number of hydrogen-bond acceptors (Lipinski definition) is 2. The molecule has 0 aromatic rings. The molecule has 0 aromatic carbocycles. The van der Waals surface area contributed by atoms with Crippen LogP contribution in [0.15, 0.2) is 0 Å². The summed E-state index contributed by atoms with van der Waals surface area (Å²) in [5, 5.41) is 3.53. The Hall–Kier alpha value is -0.0800. The normalized spacial score (nSPS) is 28.1. The van der Waals surface area contributed by atoms with Crippen LogP contribution in [0.25, 0.3) is 0 Å². The SMILES string of the molecule is CC.CCCN1CC(C)NCC1CC. The Kier molecular flexibility index (Phi) is 8.20. The molecule has 2 nitrogen and oxygen atoms in total. The zero-order chi connectivity index (χ0) is 11.0. The summed E-state index contributed by atoms with van der Waals surface area (Å²) in [7, 11) is 0. The maximum Gasteiger partial charge on any atom is 0.0218 e. The molecule has 0 aromatic heterocycles. The Morgan fingerprint density at radius 3 is 2.43 bits per heavy atom. The third-order valence-electron chi connectivity index (χ3n) is 2.71. The minimum Gasteiger partial charge on any atom is -0.311 e. The standard InChI is InChI=1S/C10H22N2.C2H6/c1-4-6-12-8-9(3)11-7-10(12)5-2;1-2/h9-11H,4-8H2,1-3H3;1-2H3. The fourth-order valence-corrected chi connectivity index (χ4v) is 2.00. The molecule has 0 saturated carbocycles. The summed E-state index contributed by atoms with van der Waals surface area (Å²) in [5.74, 6) is 0. The summed E-state index contributed by atoms with van der Waals surface area (Å²) in [6.45, 7) is 14.5. The highest BCUT2D eigenvalue weighted by molar-refractivity contribution is 4.82. The molecule has 86 valence electrons. The number of nitrogens with one attached hydrogen (secondary N) is 1. The van der Waals surface area contributed by atoms with E-state index in [0.29, 0.717) is 6.04 Å². The van der Waals surface area contributed by atoms with Gasteiger partial charge in [-0.1, -0.05) is 27.7 Å². The Morgan fingerprint density at radius 2 is 1.93 bits per heavy atom. The van der Waals surface area contributed by atoms with Crippen LogP contribution in [0.3, 0.4) is 0 Å². The molecule has 0 amide bonds. The lowest BCUT2D eigenvalue weighted by molar-refractivity contribution is 0.132. The molecule has 0 spiro atoms. The van der Waals surface area contributed by atoms with Crippen molar-refractivity contribution in [2.24, 2.45) is 0 Å². The van der Waals surface area contributed by atoms with Gasteiger partial charge in [-0.25, -0.2) is 0 Å². The Bertz CT molecular complexity index is 125. The molecular weight excluding hydrogens is 172 g/mol. The van der Waals surface area contributed by atoms with Crippen LogP contribution in [-0.2, 0) is 0 Å². The first-order valence-electron chi connectivity index (χ1n) is 6.25. The molecule has 2 atom stereocenters. The highest BCUT2D eigenvalue weighted by Gasteiger charge is 2.22. The van der Waals surface area contributed by atoms with E-state index in [4.69, 9.17) is 0 Å². The van der Waals surface area contributed by atoms with Crippen LogP contribution in [-0.4, -0.2) is 36.6 Å². The highest BCUT2D eigenvalue weighted by atomic mass is 15.2. The molecule has 2 unspecified atom stereocenters. The van der Waals surface area contributed by atoms with E-state index >= 15 is 0 Å². The van der Waals surface area contributed by atoms with Crippen molar-refractivity contribution in [3.63, 3.8) is 0 Å². The van der Waals surface area contributed by atoms with Crippen molar-refractivity contribution in [2.45, 2.75) is 59.5 Å². The summed E-state index contributed by atoms with van der Waals surface area (Å²) in [6.07, 6.45) is 2.56. The fraction of sp³-hybridized carbons (Fsp3) is 1.00. The number of nitrogens with zero attached hydrogens (tertiary/aromatic N) is 1. The molecule has 0 radical (unpaired) electrons. The Morgan fingerprint density at radius 1 is 1.29 bits per heavy atom. The van der Waals surface area contributed by atoms with Crippen molar-refractivity contribution < 1.29 is 0 Å². The van der Waals surface area contributed by atoms with Crippen molar-refractivity contribution in [1.29, 1.82) is 0 Å². The largest absolute Gasteiger partial charge is 0.311 e. The first-order valence-corrected chi connectivity index (χ1v) is 6.25. The molecule has 1 heterocycles. The quantitative estimate of drug-likeness (QED) is 0.753. The lowest BCUT2D eigenvalue weighted by Crippen LogP contribution is -2.55. The minimum absolute atomic E-state index is 0.680. The van der Waals surface area contributed by atoms with Gasteiger partial charge in [0.1, 0.15) is 0 Å². The molecule has 1 fully saturated rings. The van der Waals surface area contributed by atoms with Gasteiger partial charge < -0.3 is 5.32 Å². The molecule has 0 aliphatic carbocycles. The van der Waals surface area contributed by atoms with Gasteiger partial charge in [-0.15, -0.1) is 0 Å². The van der Waals surface area contributed by atoms with Gasteiger partial charge in [-0.05, 0) is 26.3 Å². The lowest BCUT2D eigenvalue weighted by atomic mass is 10.1. The maximum absolute atomic E-state index is 3.53. The second-order valence-electron chi connectivity index (χ2n) is 3.87. The zero-order valence-corrected chi connectivity index (χ0v) is 10.6. The van der Waals surface area contributed by atoms with Crippen LogP contribution in [0.5, 0.6) is 0 Å². The third kappa shape index (κ3) is 4.43. The average molecular weight is 200 g/mol. The van der Waals surface area contributed by atoms with E-state index in [2.05, 4.69) is 31.0 Å². The topological polar surface area (TPSA) is 15.3 Å². The first-order chi connectivity index (χ1) is 6.77.